The number of non-ortho nitro benzene ring substituents is 4. The number of rotatable bonds is 26. The molecule has 708 valence electrons. The van der Waals surface area contributed by atoms with Gasteiger partial charge in [-0.3, -0.25) is 59.7 Å². The predicted octanol–water partition coefficient (Wildman–Crippen LogP) is 21.4. The van der Waals surface area contributed by atoms with Crippen LogP contribution in [0.25, 0.3) is 5.52 Å². The van der Waals surface area contributed by atoms with Crippen molar-refractivity contribution in [1.82, 2.24) is 29.3 Å². The molecule has 3 fully saturated rings. The number of halogens is 3. The molecule has 2 aromatic heterocycles. The molecule has 0 amide bonds. The SMILES string of the molecule is C=CP(=O)(C=C)c1ccc([N+](=O)[O-])cc1.CCOP(C)(=O)c1ccc([N+](=O)[O-])cc1.CCO[P+](=O)OCC.Cc1ccc2cnc(Nc3ccc(P4(=O)CCN(Cc5ccccc5)CC4)cc3)nn12.NCc1ccccc1.Nc1ccc(P2(=O)CCN(Cc3ccccc3)CC2)cc1.O=[N+]([O-])c1ccc(Br)cc1.O=[N+]([O-])c1ccc(P2(=O)CCN(Cc3ccccc3)CC2)cc1.[Cl][Sn][Cl]. The summed E-state index contributed by atoms with van der Waals surface area (Å²) in [4.78, 5) is 51.2. The van der Waals surface area contributed by atoms with E-state index in [0.29, 0.717) is 55.2 Å². The fraction of sp³-hybridized carbons (Fsp3) is 0.255. The van der Waals surface area contributed by atoms with Gasteiger partial charge in [-0.15, -0.1) is 14.1 Å². The van der Waals surface area contributed by atoms with Crippen LogP contribution in [0.5, 0.6) is 0 Å². The number of benzene rings is 10. The van der Waals surface area contributed by atoms with Crippen molar-refractivity contribution in [2.45, 2.75) is 53.9 Å². The van der Waals surface area contributed by atoms with Gasteiger partial charge in [0.1, 0.15) is 34.6 Å². The summed E-state index contributed by atoms with van der Waals surface area (Å²) in [7, 11) is -4.55. The summed E-state index contributed by atoms with van der Waals surface area (Å²) in [6.45, 7) is 25.5. The van der Waals surface area contributed by atoms with Gasteiger partial charge in [-0.2, -0.15) is 0 Å². The Morgan fingerprint density at radius 3 is 1.13 bits per heavy atom. The Balaban J connectivity index is 0.000000216. The van der Waals surface area contributed by atoms with Crippen LogP contribution in [0.4, 0.5) is 40.1 Å². The van der Waals surface area contributed by atoms with Crippen LogP contribution in [0.2, 0.25) is 0 Å². The fourth-order valence-electron chi connectivity index (χ4n) is 13.6. The van der Waals surface area contributed by atoms with Gasteiger partial charge in [-0.1, -0.05) is 150 Å². The van der Waals surface area contributed by atoms with Crippen molar-refractivity contribution >= 4 is 169 Å². The molecule has 2 radical (unpaired) electrons. The zero-order valence-electron chi connectivity index (χ0n) is 75.0. The Morgan fingerprint density at radius 1 is 0.493 bits per heavy atom. The summed E-state index contributed by atoms with van der Waals surface area (Å²) in [5.41, 5.74) is 19.9. The molecule has 1 atom stereocenters. The van der Waals surface area contributed by atoms with E-state index in [2.05, 4.69) is 129 Å². The van der Waals surface area contributed by atoms with Crippen molar-refractivity contribution in [3.8, 4) is 0 Å². The number of nitro groups is 4. The van der Waals surface area contributed by atoms with E-state index in [0.717, 1.165) is 127 Å². The number of nitrogens with two attached hydrogens (primary N) is 2. The Bertz CT molecular complexity index is 5920. The minimum absolute atomic E-state index is 0.0183. The maximum absolute atomic E-state index is 13.6. The third kappa shape index (κ3) is 37.1. The molecule has 0 saturated carbocycles. The van der Waals surface area contributed by atoms with E-state index >= 15 is 0 Å². The average Bonchev–Trinajstić information content (AvgIpc) is 1.24. The maximum atomic E-state index is 13.6. The van der Waals surface area contributed by atoms with Gasteiger partial charge >= 0.3 is 45.0 Å². The molecular weight excluding hydrogens is 2040 g/mol. The molecule has 5 N–H and O–H groups in total. The molecule has 40 heteroatoms. The molecule has 134 heavy (non-hydrogen) atoms. The molecule has 3 saturated heterocycles. The first-order chi connectivity index (χ1) is 64.2. The predicted molar refractivity (Wildman–Crippen MR) is 550 cm³/mol. The van der Waals surface area contributed by atoms with Crippen molar-refractivity contribution in [1.29, 1.82) is 0 Å². The van der Waals surface area contributed by atoms with Crippen LogP contribution in [-0.4, -0.2) is 171 Å². The van der Waals surface area contributed by atoms with Gasteiger partial charge in [0.2, 0.25) is 13.3 Å². The van der Waals surface area contributed by atoms with Crippen LogP contribution in [0, 0.1) is 47.4 Å². The van der Waals surface area contributed by atoms with Crippen LogP contribution in [0.3, 0.4) is 0 Å². The van der Waals surface area contributed by atoms with Crippen LogP contribution < -0.4 is 43.3 Å². The minimum atomic E-state index is -2.82. The number of nitrogen functional groups attached to an aromatic ring is 1. The van der Waals surface area contributed by atoms with Gasteiger partial charge in [0, 0.05) is 210 Å². The number of aryl methyl sites for hydroxylation is 1. The van der Waals surface area contributed by atoms with Gasteiger partial charge in [0.05, 0.1) is 38.0 Å². The third-order valence-corrected chi connectivity index (χ3v) is 35.9. The zero-order valence-corrected chi connectivity index (χ0v) is 86.3. The summed E-state index contributed by atoms with van der Waals surface area (Å²) in [6.07, 6.45) is 6.08. The van der Waals surface area contributed by atoms with Crippen molar-refractivity contribution in [2.24, 2.45) is 5.73 Å². The van der Waals surface area contributed by atoms with Gasteiger partial charge in [0.15, 0.2) is 7.14 Å². The molecular formula is C94H111BrCl2N13O17P6Sn+. The molecule has 3 aliphatic heterocycles. The number of nitro benzene ring substituents is 4. The van der Waals surface area contributed by atoms with Crippen molar-refractivity contribution in [3.63, 3.8) is 0 Å². The first-order valence-electron chi connectivity index (χ1n) is 42.4. The van der Waals surface area contributed by atoms with Crippen LogP contribution in [0.1, 0.15) is 48.7 Å². The second-order valence-corrected chi connectivity index (χ2v) is 51.0. The normalized spacial score (nSPS) is 14.5. The Morgan fingerprint density at radius 2 is 0.813 bits per heavy atom. The summed E-state index contributed by atoms with van der Waals surface area (Å²) in [5, 5.41) is 53.1. The molecule has 3 aliphatic rings. The molecule has 0 spiro atoms. The molecule has 0 bridgehead atoms. The topological polar surface area (TPSA) is 407 Å². The van der Waals surface area contributed by atoms with Gasteiger partial charge in [-0.05, 0) is 171 Å². The molecule has 12 aromatic rings. The van der Waals surface area contributed by atoms with Gasteiger partial charge < -0.3 is 39.6 Å². The Labute approximate surface area is 809 Å². The second-order valence-electron chi connectivity index (χ2n) is 30.2. The van der Waals surface area contributed by atoms with Crippen LogP contribution in [-0.2, 0) is 67.1 Å². The third-order valence-electron chi connectivity index (χ3n) is 21.0. The summed E-state index contributed by atoms with van der Waals surface area (Å²) < 4.78 is 91.0. The number of aromatic nitrogens is 3. The summed E-state index contributed by atoms with van der Waals surface area (Å²) >= 11 is 2.35. The molecule has 10 aromatic carbocycles. The van der Waals surface area contributed by atoms with E-state index in [1.807, 2.05) is 133 Å². The first-order valence-corrected chi connectivity index (χ1v) is 61.7. The van der Waals surface area contributed by atoms with E-state index in [1.165, 1.54) is 113 Å². The van der Waals surface area contributed by atoms with Crippen molar-refractivity contribution < 1.29 is 60.7 Å². The first kappa shape index (κ1) is 111. The number of nitrogens with zero attached hydrogens (tertiary/aromatic N) is 10. The van der Waals surface area contributed by atoms with E-state index in [4.69, 9.17) is 33.8 Å². The summed E-state index contributed by atoms with van der Waals surface area (Å²) in [6, 6.07) is 84.3. The average molecular weight is 2150 g/mol. The number of hydrogen-bond donors (Lipinski definition) is 3. The van der Waals surface area contributed by atoms with Crippen LogP contribution >= 0.6 is 78.0 Å². The second kappa shape index (κ2) is 57.4. The quantitative estimate of drug-likeness (QED) is 0.0149. The van der Waals surface area contributed by atoms with Crippen molar-refractivity contribution in [3.05, 3.63) is 383 Å². The number of nitrogens with one attached hydrogen (secondary N) is 1. The van der Waals surface area contributed by atoms with Crippen molar-refractivity contribution in [2.75, 3.05) is 114 Å². The van der Waals surface area contributed by atoms with Gasteiger partial charge in [-0.25, -0.2) is 9.50 Å². The van der Waals surface area contributed by atoms with E-state index in [-0.39, 0.29) is 22.7 Å². The van der Waals surface area contributed by atoms with Crippen LogP contribution in [0.15, 0.2) is 315 Å². The standard InChI is InChI=1S/C24H26N5OP.C17H19N2O3P.C17H21N2OP.C10H10NO3P.C9H12NO4P.C7H9N.C6H4BrNO2.C4H10O3P.2ClH.Sn/c1-19-7-10-22-17-25-24(27-29(19)22)26-21-8-11-23(12-9-21)31(30)15-13-28(14-16-31)18-20-5-3-2-4-6-20;20-19(21)16-6-8-17(9-7-16)23(22)12-10-18(11-13-23)14-15-4-2-1-3-5-15;18-16-6-8-17(9-7-16)21(20)12-10-19(11-13-21)14-15-4-2-1-3-5-15;1-3-15(14,4-2)10-7-5-9(6-8-10)11(12)13;1-3-14-15(2,13)9-6-4-8(5-7-9)10(11)12;8-6-7-4-2-1-3-5-7;7-5-1-3-6(4-2-5)8(9)10;1-3-6-8(5)7-4-2;;;/h2-12,17H,13-16,18H2,1H3,(H,26,27);1-9H,10-14H2;1-9H,10-14,18H2;3-8H,1-2H2;4-7H,3H2,1-2H3;1-5H,6,8H2;1-4H;3-4H2,1-2H3;2*1H;/q;;;;;;;+1;;;+2/p-2. The number of fused-ring (bicyclic) bond motifs is 1. The van der Waals surface area contributed by atoms with E-state index < -0.39 is 82.8 Å². The molecule has 30 nitrogen and oxygen atoms in total. The zero-order chi connectivity index (χ0) is 97.7. The fourth-order valence-corrected chi connectivity index (χ4v) is 24.8. The number of hydrogen-bond acceptors (Lipinski definition) is 25. The van der Waals surface area contributed by atoms with E-state index in [9.17, 15) is 67.8 Å². The van der Waals surface area contributed by atoms with Gasteiger partial charge in [0.25, 0.3) is 22.7 Å². The molecule has 5 heterocycles. The molecule has 1 unspecified atom stereocenters. The molecule has 0 aliphatic carbocycles. The Hall–Kier alpha value is -9.67. The monoisotopic (exact) mass is 2150 g/mol. The molecule has 15 rings (SSSR count). The Kier molecular flexibility index (Phi) is 47.7. The number of anilines is 3. The summed E-state index contributed by atoms with van der Waals surface area (Å²) in [5.74, 6) is 3.18. The van der Waals surface area contributed by atoms with E-state index in [1.54, 1.807) is 51.2 Å².